The zero-order valence-electron chi connectivity index (χ0n) is 9.62. The highest BCUT2D eigenvalue weighted by Crippen LogP contribution is 2.42. The summed E-state index contributed by atoms with van der Waals surface area (Å²) in [5.41, 5.74) is 7.58. The van der Waals surface area contributed by atoms with E-state index in [2.05, 4.69) is 21.4 Å². The molecule has 0 saturated heterocycles. The monoisotopic (exact) mass is 232 g/mol. The van der Waals surface area contributed by atoms with Crippen LogP contribution in [0.15, 0.2) is 0 Å². The molecular formula is C12H16N4O. The molecule has 1 aromatic rings. The van der Waals surface area contributed by atoms with Crippen LogP contribution in [0, 0.1) is 12.3 Å². The summed E-state index contributed by atoms with van der Waals surface area (Å²) in [6.45, 7) is 0.550. The molecule has 1 fully saturated rings. The van der Waals surface area contributed by atoms with Gasteiger partial charge in [-0.05, 0) is 19.3 Å². The highest BCUT2D eigenvalue weighted by atomic mass is 16.1. The van der Waals surface area contributed by atoms with E-state index in [4.69, 9.17) is 12.2 Å². The summed E-state index contributed by atoms with van der Waals surface area (Å²) in [5, 5.41) is 9.57. The van der Waals surface area contributed by atoms with Gasteiger partial charge in [-0.25, -0.2) is 0 Å². The maximum Gasteiger partial charge on any atom is 0.273 e. The van der Waals surface area contributed by atoms with Crippen LogP contribution in [0.3, 0.4) is 0 Å². The Hall–Kier alpha value is -1.96. The number of unbranched alkanes of at least 4 members (excludes halogenated alkanes) is 1. The molecule has 0 spiro atoms. The zero-order valence-corrected chi connectivity index (χ0v) is 9.62. The summed E-state index contributed by atoms with van der Waals surface area (Å²) in [5.74, 6) is 2.75. The topological polar surface area (TPSA) is 83.8 Å². The highest BCUT2D eigenvalue weighted by Gasteiger charge is 2.30. The van der Waals surface area contributed by atoms with Crippen molar-refractivity contribution in [2.24, 2.45) is 0 Å². The fraction of sp³-hybridized carbons (Fsp3) is 0.500. The molecule has 0 unspecified atom stereocenters. The first-order chi connectivity index (χ1) is 8.24. The van der Waals surface area contributed by atoms with E-state index in [1.54, 1.807) is 0 Å². The van der Waals surface area contributed by atoms with E-state index in [-0.39, 0.29) is 5.91 Å². The van der Waals surface area contributed by atoms with Gasteiger partial charge in [-0.2, -0.15) is 5.10 Å². The van der Waals surface area contributed by atoms with Crippen molar-refractivity contribution in [3.63, 3.8) is 0 Å². The van der Waals surface area contributed by atoms with Crippen molar-refractivity contribution in [2.75, 3.05) is 12.3 Å². The lowest BCUT2D eigenvalue weighted by molar-refractivity contribution is 0.0949. The molecule has 1 heterocycles. The van der Waals surface area contributed by atoms with Gasteiger partial charge in [-0.15, -0.1) is 12.3 Å². The molecule has 1 aromatic heterocycles. The van der Waals surface area contributed by atoms with Gasteiger partial charge in [0.1, 0.15) is 0 Å². The van der Waals surface area contributed by atoms with E-state index in [0.29, 0.717) is 30.3 Å². The number of hydrogen-bond donors (Lipinski definition) is 3. The Morgan fingerprint density at radius 1 is 1.65 bits per heavy atom. The molecule has 1 aliphatic rings. The number of aromatic nitrogens is 2. The minimum absolute atomic E-state index is 0.234. The van der Waals surface area contributed by atoms with Crippen molar-refractivity contribution in [3.05, 3.63) is 11.4 Å². The number of amides is 1. The van der Waals surface area contributed by atoms with Gasteiger partial charge >= 0.3 is 0 Å². The van der Waals surface area contributed by atoms with E-state index in [9.17, 15) is 4.79 Å². The Morgan fingerprint density at radius 2 is 2.41 bits per heavy atom. The Bertz CT molecular complexity index is 454. The number of terminal acetylenes is 1. The van der Waals surface area contributed by atoms with Crippen LogP contribution in [0.2, 0.25) is 0 Å². The maximum atomic E-state index is 11.8. The number of rotatable bonds is 5. The first kappa shape index (κ1) is 11.5. The second-order valence-electron chi connectivity index (χ2n) is 4.24. The van der Waals surface area contributed by atoms with Crippen molar-refractivity contribution in [1.29, 1.82) is 0 Å². The molecule has 2 rings (SSSR count). The average molecular weight is 232 g/mol. The summed E-state index contributed by atoms with van der Waals surface area (Å²) in [6.07, 6.45) is 8.79. The Labute approximate surface area is 100 Å². The normalized spacial score (nSPS) is 14.3. The fourth-order valence-electron chi connectivity index (χ4n) is 1.70. The predicted octanol–water partition coefficient (Wildman–Crippen LogP) is 1.01. The van der Waals surface area contributed by atoms with Gasteiger partial charge in [0.05, 0.1) is 11.4 Å². The van der Waals surface area contributed by atoms with Gasteiger partial charge in [0.2, 0.25) is 0 Å². The number of hydrogen-bond acceptors (Lipinski definition) is 3. The molecule has 17 heavy (non-hydrogen) atoms. The van der Waals surface area contributed by atoms with E-state index < -0.39 is 0 Å². The average Bonchev–Trinajstić information content (AvgIpc) is 3.08. The van der Waals surface area contributed by atoms with Gasteiger partial charge in [-0.1, -0.05) is 0 Å². The summed E-state index contributed by atoms with van der Waals surface area (Å²) in [4.78, 5) is 11.8. The van der Waals surface area contributed by atoms with Crippen molar-refractivity contribution >= 4 is 11.6 Å². The number of anilines is 1. The number of H-pyrrole nitrogens is 1. The maximum absolute atomic E-state index is 11.8. The zero-order chi connectivity index (χ0) is 12.3. The number of nitrogen functional groups attached to an aromatic ring is 1. The van der Waals surface area contributed by atoms with Gasteiger partial charge in [0.15, 0.2) is 5.69 Å². The number of carbonyl (C=O) groups excluding carboxylic acids is 1. The molecule has 1 aliphatic carbocycles. The molecular weight excluding hydrogens is 216 g/mol. The largest absolute Gasteiger partial charge is 0.395 e. The lowest BCUT2D eigenvalue weighted by Crippen LogP contribution is -2.25. The van der Waals surface area contributed by atoms with Crippen LogP contribution < -0.4 is 11.1 Å². The second-order valence-corrected chi connectivity index (χ2v) is 4.24. The third-order valence-corrected chi connectivity index (χ3v) is 2.82. The van der Waals surface area contributed by atoms with Crippen molar-refractivity contribution in [3.8, 4) is 12.3 Å². The van der Waals surface area contributed by atoms with Gasteiger partial charge in [0, 0.05) is 18.9 Å². The molecule has 5 heteroatoms. The van der Waals surface area contributed by atoms with Crippen molar-refractivity contribution in [1.82, 2.24) is 15.5 Å². The number of nitrogens with zero attached hydrogens (tertiary/aromatic N) is 1. The van der Waals surface area contributed by atoms with E-state index >= 15 is 0 Å². The first-order valence-electron chi connectivity index (χ1n) is 5.79. The fourth-order valence-corrected chi connectivity index (χ4v) is 1.70. The van der Waals surface area contributed by atoms with E-state index in [1.807, 2.05) is 0 Å². The molecule has 0 bridgehead atoms. The van der Waals surface area contributed by atoms with Crippen molar-refractivity contribution < 1.29 is 4.79 Å². The van der Waals surface area contributed by atoms with E-state index in [0.717, 1.165) is 25.0 Å². The summed E-state index contributed by atoms with van der Waals surface area (Å²) in [6, 6.07) is 0. The minimum Gasteiger partial charge on any atom is -0.395 e. The van der Waals surface area contributed by atoms with Crippen LogP contribution in [0.25, 0.3) is 0 Å². The van der Waals surface area contributed by atoms with Crippen LogP contribution in [-0.2, 0) is 0 Å². The Morgan fingerprint density at radius 3 is 3.06 bits per heavy atom. The summed E-state index contributed by atoms with van der Waals surface area (Å²) in [7, 11) is 0. The predicted molar refractivity (Wildman–Crippen MR) is 65.4 cm³/mol. The lowest BCUT2D eigenvalue weighted by atomic mass is 10.2. The second kappa shape index (κ2) is 4.91. The highest BCUT2D eigenvalue weighted by molar-refractivity contribution is 5.97. The molecule has 4 N–H and O–H groups in total. The van der Waals surface area contributed by atoms with Crippen LogP contribution in [0.5, 0.6) is 0 Å². The minimum atomic E-state index is -0.234. The van der Waals surface area contributed by atoms with Gasteiger partial charge in [0.25, 0.3) is 5.91 Å². The standard InChI is InChI=1S/C12H16N4O/c1-2-3-4-7-14-12(17)11-9(13)10(15-16-11)8-5-6-8/h1,8H,3-7,13H2,(H,14,17)(H,15,16). The number of nitrogens with one attached hydrogen (secondary N) is 2. The van der Waals surface area contributed by atoms with Gasteiger partial charge < -0.3 is 11.1 Å². The Kier molecular flexibility index (Phi) is 3.33. The molecule has 0 aliphatic heterocycles. The van der Waals surface area contributed by atoms with Crippen LogP contribution in [-0.4, -0.2) is 22.6 Å². The molecule has 0 atom stereocenters. The number of nitrogens with two attached hydrogens (primary N) is 1. The summed E-state index contributed by atoms with van der Waals surface area (Å²) >= 11 is 0. The number of aromatic amines is 1. The third kappa shape index (κ3) is 2.59. The van der Waals surface area contributed by atoms with E-state index in [1.165, 1.54) is 0 Å². The van der Waals surface area contributed by atoms with Crippen LogP contribution >= 0.6 is 0 Å². The molecule has 1 saturated carbocycles. The molecule has 1 amide bonds. The quantitative estimate of drug-likeness (QED) is 0.523. The summed E-state index contributed by atoms with van der Waals surface area (Å²) < 4.78 is 0. The molecule has 5 nitrogen and oxygen atoms in total. The molecule has 90 valence electrons. The third-order valence-electron chi connectivity index (χ3n) is 2.82. The number of carbonyl (C=O) groups is 1. The van der Waals surface area contributed by atoms with Crippen LogP contribution in [0.1, 0.15) is 47.8 Å². The van der Waals surface area contributed by atoms with Gasteiger partial charge in [-0.3, -0.25) is 9.89 Å². The molecule has 0 radical (unpaired) electrons. The SMILES string of the molecule is C#CCCCNC(=O)c1n[nH]c(C2CC2)c1N. The lowest BCUT2D eigenvalue weighted by Gasteiger charge is -2.02. The van der Waals surface area contributed by atoms with Crippen LogP contribution in [0.4, 0.5) is 5.69 Å². The first-order valence-corrected chi connectivity index (χ1v) is 5.79. The van der Waals surface area contributed by atoms with Crippen molar-refractivity contribution in [2.45, 2.75) is 31.6 Å². The Balaban J connectivity index is 1.92. The molecule has 0 aromatic carbocycles. The smallest absolute Gasteiger partial charge is 0.273 e.